The van der Waals surface area contributed by atoms with E-state index in [9.17, 15) is 9.59 Å². The average molecular weight is 205 g/mol. The van der Waals surface area contributed by atoms with Gasteiger partial charge in [-0.15, -0.1) is 0 Å². The van der Waals surface area contributed by atoms with Crippen LogP contribution in [0.2, 0.25) is 0 Å². The van der Waals surface area contributed by atoms with Crippen LogP contribution in [-0.2, 0) is 9.59 Å². The second kappa shape index (κ2) is 6.33. The third kappa shape index (κ3) is 5.50. The molecule has 0 bridgehead atoms. The summed E-state index contributed by atoms with van der Waals surface area (Å²) in [6.45, 7) is 1.69. The molecule has 0 heterocycles. The van der Waals surface area contributed by atoms with Crippen LogP contribution in [0.4, 0.5) is 0 Å². The van der Waals surface area contributed by atoms with Gasteiger partial charge in [0, 0.05) is 6.42 Å². The van der Waals surface area contributed by atoms with Crippen LogP contribution in [0.1, 0.15) is 26.2 Å². The molecule has 0 spiro atoms. The lowest BCUT2D eigenvalue weighted by Crippen LogP contribution is -2.43. The second-order valence-electron chi connectivity index (χ2n) is 2.91. The van der Waals surface area contributed by atoms with E-state index in [0.29, 0.717) is 6.42 Å². The van der Waals surface area contributed by atoms with Gasteiger partial charge in [-0.25, -0.2) is 0 Å². The summed E-state index contributed by atoms with van der Waals surface area (Å²) >= 11 is 0. The predicted octanol–water partition coefficient (Wildman–Crippen LogP) is -0.378. The molecule has 0 aliphatic carbocycles. The van der Waals surface area contributed by atoms with Crippen molar-refractivity contribution in [2.75, 3.05) is 0 Å². The summed E-state index contributed by atoms with van der Waals surface area (Å²) in [5.41, 5.74) is 0. The van der Waals surface area contributed by atoms with E-state index in [1.807, 2.05) is 0 Å². The average Bonchev–Trinajstić information content (AvgIpc) is 2.10. The molecule has 0 saturated heterocycles. The Balaban J connectivity index is 4.02. The maximum Gasteiger partial charge on any atom is 0.320 e. The third-order valence-corrected chi connectivity index (χ3v) is 1.73. The van der Waals surface area contributed by atoms with E-state index in [2.05, 4.69) is 5.32 Å². The second-order valence-corrected chi connectivity index (χ2v) is 2.91. The van der Waals surface area contributed by atoms with Gasteiger partial charge in [0.2, 0.25) is 0 Å². The molecule has 1 unspecified atom stereocenters. The molecule has 4 N–H and O–H groups in total. The molecule has 0 aliphatic heterocycles. The number of hydrogen-bond donors (Lipinski definition) is 4. The van der Waals surface area contributed by atoms with Gasteiger partial charge in [0.15, 0.2) is 0 Å². The van der Waals surface area contributed by atoms with Crippen LogP contribution >= 0.6 is 0 Å². The number of carbonyl (C=O) groups is 2. The van der Waals surface area contributed by atoms with E-state index >= 15 is 0 Å². The van der Waals surface area contributed by atoms with E-state index in [4.69, 9.17) is 15.3 Å². The third-order valence-electron chi connectivity index (χ3n) is 1.73. The highest BCUT2D eigenvalue weighted by Gasteiger charge is 2.20. The summed E-state index contributed by atoms with van der Waals surface area (Å²) in [7, 11) is 0. The van der Waals surface area contributed by atoms with Crippen molar-refractivity contribution in [2.45, 2.75) is 38.5 Å². The largest absolute Gasteiger partial charge is 0.481 e. The molecule has 82 valence electrons. The van der Waals surface area contributed by atoms with Crippen molar-refractivity contribution in [1.82, 2.24) is 5.32 Å². The quantitative estimate of drug-likeness (QED) is 0.422. The zero-order valence-corrected chi connectivity index (χ0v) is 7.93. The first-order chi connectivity index (χ1) is 6.47. The Morgan fingerprint density at radius 1 is 1.36 bits per heavy atom. The predicted molar refractivity (Wildman–Crippen MR) is 47.7 cm³/mol. The highest BCUT2D eigenvalue weighted by Crippen LogP contribution is 2.00. The molecule has 6 heteroatoms. The molecule has 0 aliphatic rings. The molecule has 2 atom stereocenters. The minimum Gasteiger partial charge on any atom is -0.481 e. The smallest absolute Gasteiger partial charge is 0.320 e. The first-order valence-electron chi connectivity index (χ1n) is 4.36. The lowest BCUT2D eigenvalue weighted by molar-refractivity contribution is -0.141. The normalized spacial score (nSPS) is 14.7. The van der Waals surface area contributed by atoms with Crippen LogP contribution in [0.25, 0.3) is 0 Å². The standard InChI is InChI=1S/C8H15NO5/c1-2-6(10)9-5(8(13)14)3-4-7(11)12/h5-6,9-10H,2-4H2,1H3,(H,11,12)(H,13,14)/t5-,6?/m0/s1. The molecule has 0 radical (unpaired) electrons. The molecule has 6 nitrogen and oxygen atoms in total. The van der Waals surface area contributed by atoms with Gasteiger partial charge < -0.3 is 15.3 Å². The fraction of sp³-hybridized carbons (Fsp3) is 0.750. The van der Waals surface area contributed by atoms with Crippen LogP contribution in [0.5, 0.6) is 0 Å². The zero-order valence-electron chi connectivity index (χ0n) is 7.93. The van der Waals surface area contributed by atoms with E-state index in [-0.39, 0.29) is 12.8 Å². The van der Waals surface area contributed by atoms with Gasteiger partial charge in [-0.3, -0.25) is 14.9 Å². The van der Waals surface area contributed by atoms with Crippen LogP contribution in [-0.4, -0.2) is 39.5 Å². The summed E-state index contributed by atoms with van der Waals surface area (Å²) in [5.74, 6) is -2.21. The number of rotatable bonds is 7. The molecule has 0 fully saturated rings. The van der Waals surface area contributed by atoms with Crippen molar-refractivity contribution in [1.29, 1.82) is 0 Å². The summed E-state index contributed by atoms with van der Waals surface area (Å²) in [4.78, 5) is 20.8. The minimum absolute atomic E-state index is 0.0400. The SMILES string of the molecule is CCC(O)N[C@@H](CCC(=O)O)C(=O)O. The van der Waals surface area contributed by atoms with Crippen molar-refractivity contribution < 1.29 is 24.9 Å². The Labute approximate surface area is 81.5 Å². The molecule has 14 heavy (non-hydrogen) atoms. The highest BCUT2D eigenvalue weighted by molar-refractivity contribution is 5.75. The van der Waals surface area contributed by atoms with Gasteiger partial charge >= 0.3 is 11.9 Å². The zero-order chi connectivity index (χ0) is 11.1. The van der Waals surface area contributed by atoms with Crippen molar-refractivity contribution in [3.05, 3.63) is 0 Å². The monoisotopic (exact) mass is 205 g/mol. The summed E-state index contributed by atoms with van der Waals surface area (Å²) in [5, 5.41) is 28.6. The van der Waals surface area contributed by atoms with Gasteiger partial charge in [-0.2, -0.15) is 0 Å². The molecule has 0 aromatic heterocycles. The van der Waals surface area contributed by atoms with Gasteiger partial charge in [0.1, 0.15) is 12.3 Å². The summed E-state index contributed by atoms with van der Waals surface area (Å²) < 4.78 is 0. The van der Waals surface area contributed by atoms with Crippen LogP contribution in [0.15, 0.2) is 0 Å². The van der Waals surface area contributed by atoms with Crippen molar-refractivity contribution in [3.63, 3.8) is 0 Å². The number of hydrogen-bond acceptors (Lipinski definition) is 4. The maximum absolute atomic E-state index is 10.6. The van der Waals surface area contributed by atoms with Crippen molar-refractivity contribution in [2.24, 2.45) is 0 Å². The molecule has 0 rings (SSSR count). The number of nitrogens with one attached hydrogen (secondary N) is 1. The fourth-order valence-electron chi connectivity index (χ4n) is 0.896. The first kappa shape index (κ1) is 12.9. The Bertz CT molecular complexity index is 206. The van der Waals surface area contributed by atoms with E-state index in [1.165, 1.54) is 0 Å². The molecular weight excluding hydrogens is 190 g/mol. The number of aliphatic hydroxyl groups excluding tert-OH is 1. The Hall–Kier alpha value is -1.14. The van der Waals surface area contributed by atoms with Gasteiger partial charge in [0.05, 0.1) is 0 Å². The van der Waals surface area contributed by atoms with Gasteiger partial charge in [0.25, 0.3) is 0 Å². The fourth-order valence-corrected chi connectivity index (χ4v) is 0.896. The first-order valence-corrected chi connectivity index (χ1v) is 4.36. The van der Waals surface area contributed by atoms with Crippen LogP contribution in [0.3, 0.4) is 0 Å². The summed E-state index contributed by atoms with van der Waals surface area (Å²) in [6, 6.07) is -1.01. The van der Waals surface area contributed by atoms with E-state index in [1.54, 1.807) is 6.92 Å². The summed E-state index contributed by atoms with van der Waals surface area (Å²) in [6.07, 6.45) is -0.816. The van der Waals surface area contributed by atoms with Crippen molar-refractivity contribution >= 4 is 11.9 Å². The Morgan fingerprint density at radius 3 is 2.29 bits per heavy atom. The maximum atomic E-state index is 10.6. The van der Waals surface area contributed by atoms with Gasteiger partial charge in [-0.1, -0.05) is 6.92 Å². The highest BCUT2D eigenvalue weighted by atomic mass is 16.4. The molecule has 0 aromatic carbocycles. The molecular formula is C8H15NO5. The number of aliphatic carboxylic acids is 2. The van der Waals surface area contributed by atoms with Crippen LogP contribution < -0.4 is 5.32 Å². The molecule has 0 saturated carbocycles. The number of carboxylic acids is 2. The Kier molecular flexibility index (Phi) is 5.82. The number of aliphatic hydroxyl groups is 1. The van der Waals surface area contributed by atoms with Crippen molar-refractivity contribution in [3.8, 4) is 0 Å². The molecule has 0 amide bonds. The lowest BCUT2D eigenvalue weighted by Gasteiger charge is -2.17. The molecule has 0 aromatic rings. The van der Waals surface area contributed by atoms with Gasteiger partial charge in [-0.05, 0) is 12.8 Å². The number of carboxylic acid groups (broad SMARTS) is 2. The minimum atomic E-state index is -1.15. The topological polar surface area (TPSA) is 107 Å². The van der Waals surface area contributed by atoms with E-state index < -0.39 is 24.2 Å². The van der Waals surface area contributed by atoms with E-state index in [0.717, 1.165) is 0 Å². The van der Waals surface area contributed by atoms with Crippen LogP contribution in [0, 0.1) is 0 Å². The lowest BCUT2D eigenvalue weighted by atomic mass is 10.1. The Morgan fingerprint density at radius 2 is 1.93 bits per heavy atom.